The van der Waals surface area contributed by atoms with E-state index in [9.17, 15) is 0 Å². The molecular weight excluding hydrogens is 359 g/mol. The third-order valence-electron chi connectivity index (χ3n) is 3.18. The van der Waals surface area contributed by atoms with E-state index in [4.69, 9.17) is 45.3 Å². The Labute approximate surface area is 147 Å². The molecule has 3 aromatic rings. The predicted octanol–water partition coefficient (Wildman–Crippen LogP) is 4.69. The van der Waals surface area contributed by atoms with E-state index in [-0.39, 0.29) is 0 Å². The number of hydrogen-bond donors (Lipinski definition) is 2. The second kappa shape index (κ2) is 6.28. The summed E-state index contributed by atoms with van der Waals surface area (Å²) in [5.41, 5.74) is 7.56. The number of rotatable bonds is 3. The first-order valence-corrected chi connectivity index (χ1v) is 7.63. The number of H-pyrrole nitrogens is 1. The first-order chi connectivity index (χ1) is 11.0. The number of aromatic nitrogens is 3. The lowest BCUT2D eigenvalue weighted by atomic mass is 10.1. The molecule has 0 saturated heterocycles. The smallest absolute Gasteiger partial charge is 0.181 e. The number of methoxy groups -OCH3 is 1. The number of benzene rings is 2. The summed E-state index contributed by atoms with van der Waals surface area (Å²) in [5, 5.41) is 8.46. The molecule has 3 N–H and O–H groups in total. The van der Waals surface area contributed by atoms with Crippen molar-refractivity contribution in [3.8, 4) is 28.5 Å². The predicted molar refractivity (Wildman–Crippen MR) is 93.2 cm³/mol. The average molecular weight is 370 g/mol. The van der Waals surface area contributed by atoms with Crippen LogP contribution in [0.3, 0.4) is 0 Å². The van der Waals surface area contributed by atoms with Gasteiger partial charge in [0, 0.05) is 21.7 Å². The van der Waals surface area contributed by atoms with Crippen molar-refractivity contribution in [2.45, 2.75) is 0 Å². The maximum absolute atomic E-state index is 6.08. The van der Waals surface area contributed by atoms with Crippen LogP contribution in [-0.2, 0) is 0 Å². The van der Waals surface area contributed by atoms with Crippen molar-refractivity contribution in [3.63, 3.8) is 0 Å². The Bertz CT molecular complexity index is 859. The van der Waals surface area contributed by atoms with Gasteiger partial charge in [-0.1, -0.05) is 34.8 Å². The third kappa shape index (κ3) is 3.22. The normalized spacial score (nSPS) is 10.8. The molecule has 1 heterocycles. The van der Waals surface area contributed by atoms with Crippen LogP contribution in [0.4, 0.5) is 5.69 Å². The van der Waals surface area contributed by atoms with Gasteiger partial charge in [-0.05, 0) is 24.3 Å². The zero-order valence-corrected chi connectivity index (χ0v) is 14.2. The van der Waals surface area contributed by atoms with Gasteiger partial charge in [-0.25, -0.2) is 4.98 Å². The summed E-state index contributed by atoms with van der Waals surface area (Å²) in [4.78, 5) is 4.45. The van der Waals surface area contributed by atoms with E-state index in [0.717, 1.165) is 0 Å². The molecular formula is C15H11Cl3N4O. The van der Waals surface area contributed by atoms with Crippen molar-refractivity contribution < 1.29 is 4.74 Å². The molecule has 3 rings (SSSR count). The van der Waals surface area contributed by atoms with Crippen LogP contribution in [0, 0.1) is 0 Å². The number of nitrogens with zero attached hydrogens (tertiary/aromatic N) is 2. The van der Waals surface area contributed by atoms with Crippen molar-refractivity contribution in [3.05, 3.63) is 45.4 Å². The highest BCUT2D eigenvalue weighted by atomic mass is 35.5. The first kappa shape index (κ1) is 15.9. The zero-order valence-electron chi connectivity index (χ0n) is 11.9. The van der Waals surface area contributed by atoms with E-state index in [1.54, 1.807) is 37.4 Å². The minimum absolute atomic E-state index is 0.407. The van der Waals surface area contributed by atoms with Gasteiger partial charge < -0.3 is 10.5 Å². The third-order valence-corrected chi connectivity index (χ3v) is 3.94. The number of anilines is 1. The van der Waals surface area contributed by atoms with Crippen LogP contribution in [0.15, 0.2) is 30.3 Å². The lowest BCUT2D eigenvalue weighted by Crippen LogP contribution is -1.94. The summed E-state index contributed by atoms with van der Waals surface area (Å²) in [5.74, 6) is 1.49. The van der Waals surface area contributed by atoms with E-state index >= 15 is 0 Å². The largest absolute Gasteiger partial charge is 0.496 e. The molecule has 0 atom stereocenters. The summed E-state index contributed by atoms with van der Waals surface area (Å²) in [6.45, 7) is 0. The second-order valence-corrected chi connectivity index (χ2v) is 6.02. The Morgan fingerprint density at radius 1 is 1.04 bits per heavy atom. The molecule has 0 radical (unpaired) electrons. The average Bonchev–Trinajstić information content (AvgIpc) is 2.98. The van der Waals surface area contributed by atoms with Crippen molar-refractivity contribution >= 4 is 40.5 Å². The molecule has 0 fully saturated rings. The number of halogens is 3. The van der Waals surface area contributed by atoms with E-state index < -0.39 is 0 Å². The van der Waals surface area contributed by atoms with E-state index in [1.165, 1.54) is 0 Å². The number of aromatic amines is 1. The van der Waals surface area contributed by atoms with Gasteiger partial charge in [0.25, 0.3) is 0 Å². The molecule has 0 aliphatic carbocycles. The lowest BCUT2D eigenvalue weighted by molar-refractivity contribution is 0.416. The summed E-state index contributed by atoms with van der Waals surface area (Å²) in [7, 11) is 1.54. The van der Waals surface area contributed by atoms with E-state index in [2.05, 4.69) is 15.2 Å². The van der Waals surface area contributed by atoms with Crippen molar-refractivity contribution in [2.75, 3.05) is 12.8 Å². The fourth-order valence-electron chi connectivity index (χ4n) is 2.12. The van der Waals surface area contributed by atoms with Crippen molar-refractivity contribution in [2.24, 2.45) is 0 Å². The number of nitrogens with two attached hydrogens (primary N) is 1. The van der Waals surface area contributed by atoms with Gasteiger partial charge in [0.2, 0.25) is 0 Å². The van der Waals surface area contributed by atoms with E-state index in [1.807, 2.05) is 0 Å². The van der Waals surface area contributed by atoms with Crippen molar-refractivity contribution in [1.82, 2.24) is 15.2 Å². The molecule has 8 heteroatoms. The maximum atomic E-state index is 6.08. The number of ether oxygens (including phenoxy) is 1. The van der Waals surface area contributed by atoms with Crippen molar-refractivity contribution in [1.29, 1.82) is 0 Å². The highest BCUT2D eigenvalue weighted by Gasteiger charge is 2.15. The molecule has 0 unspecified atom stereocenters. The van der Waals surface area contributed by atoms with Gasteiger partial charge in [-0.3, -0.25) is 5.10 Å². The van der Waals surface area contributed by atoms with Crippen LogP contribution in [0.25, 0.3) is 22.8 Å². The topological polar surface area (TPSA) is 76.8 Å². The summed E-state index contributed by atoms with van der Waals surface area (Å²) in [6, 6.07) is 8.41. The highest BCUT2D eigenvalue weighted by molar-refractivity contribution is 6.35. The second-order valence-electron chi connectivity index (χ2n) is 4.74. The molecule has 0 amide bonds. The van der Waals surface area contributed by atoms with Crippen LogP contribution in [0.2, 0.25) is 15.1 Å². The molecule has 0 aliphatic rings. The van der Waals surface area contributed by atoms with Gasteiger partial charge in [0.05, 0.1) is 23.4 Å². The molecule has 5 nitrogen and oxygen atoms in total. The van der Waals surface area contributed by atoms with E-state index in [0.29, 0.717) is 49.3 Å². The number of nitrogens with one attached hydrogen (secondary N) is 1. The zero-order chi connectivity index (χ0) is 16.6. The minimum Gasteiger partial charge on any atom is -0.496 e. The minimum atomic E-state index is 0.407. The fraction of sp³-hybridized carbons (Fsp3) is 0.0667. The molecule has 118 valence electrons. The Kier molecular flexibility index (Phi) is 4.35. The van der Waals surface area contributed by atoms with Gasteiger partial charge in [-0.15, -0.1) is 0 Å². The standard InChI is InChI=1S/C15H11Cl3N4O/c1-23-13-6-12(19)11(18)5-10(13)15-20-14(21-22-15)7-2-8(16)4-9(17)3-7/h2-6H,19H2,1H3,(H,20,21,22). The molecule has 23 heavy (non-hydrogen) atoms. The van der Waals surface area contributed by atoms with Crippen LogP contribution in [0.1, 0.15) is 0 Å². The summed E-state index contributed by atoms with van der Waals surface area (Å²) in [6.07, 6.45) is 0. The molecule has 1 aromatic heterocycles. The first-order valence-electron chi connectivity index (χ1n) is 6.50. The number of hydrogen-bond acceptors (Lipinski definition) is 4. The monoisotopic (exact) mass is 368 g/mol. The molecule has 0 aliphatic heterocycles. The quantitative estimate of drug-likeness (QED) is 0.657. The van der Waals surface area contributed by atoms with Crippen LogP contribution >= 0.6 is 34.8 Å². The molecule has 0 bridgehead atoms. The summed E-state index contributed by atoms with van der Waals surface area (Å²) >= 11 is 18.1. The molecule has 0 saturated carbocycles. The Hall–Kier alpha value is -1.95. The van der Waals surface area contributed by atoms with Gasteiger partial charge in [-0.2, -0.15) is 5.10 Å². The maximum Gasteiger partial charge on any atom is 0.181 e. The lowest BCUT2D eigenvalue weighted by Gasteiger charge is -2.08. The van der Waals surface area contributed by atoms with Gasteiger partial charge >= 0.3 is 0 Å². The molecule has 0 spiro atoms. The van der Waals surface area contributed by atoms with Gasteiger partial charge in [0.1, 0.15) is 5.75 Å². The number of nitrogen functional groups attached to an aromatic ring is 1. The van der Waals surface area contributed by atoms with Crippen LogP contribution in [0.5, 0.6) is 5.75 Å². The SMILES string of the molecule is COc1cc(N)c(Cl)cc1-c1nc(-c2cc(Cl)cc(Cl)c2)n[nH]1. The fourth-order valence-corrected chi connectivity index (χ4v) is 2.81. The summed E-state index contributed by atoms with van der Waals surface area (Å²) < 4.78 is 5.32. The Balaban J connectivity index is 2.07. The highest BCUT2D eigenvalue weighted by Crippen LogP contribution is 2.35. The molecule has 2 aromatic carbocycles. The van der Waals surface area contributed by atoms with Crippen LogP contribution in [-0.4, -0.2) is 22.3 Å². The van der Waals surface area contributed by atoms with Gasteiger partial charge in [0.15, 0.2) is 11.6 Å². The Morgan fingerprint density at radius 2 is 1.74 bits per heavy atom. The van der Waals surface area contributed by atoms with Crippen LogP contribution < -0.4 is 10.5 Å². The Morgan fingerprint density at radius 3 is 2.39 bits per heavy atom.